The average molecular weight is 510 g/mol. The summed E-state index contributed by atoms with van der Waals surface area (Å²) in [6.45, 7) is 0. The van der Waals surface area contributed by atoms with E-state index in [0.29, 0.717) is 12.8 Å². The molecule has 6 heteroatoms. The van der Waals surface area contributed by atoms with Crippen LogP contribution in [0.1, 0.15) is 51.4 Å². The third-order valence-electron chi connectivity index (χ3n) is 4.27. The van der Waals surface area contributed by atoms with E-state index in [-0.39, 0.29) is 11.8 Å². The number of halogens is 2. The van der Waals surface area contributed by atoms with Crippen LogP contribution in [0.2, 0.25) is 0 Å². The third-order valence-corrected chi connectivity index (χ3v) is 5.26. The van der Waals surface area contributed by atoms with Crippen molar-refractivity contribution in [1.29, 1.82) is 0 Å². The zero-order chi connectivity index (χ0) is 20.2. The summed E-state index contributed by atoms with van der Waals surface area (Å²) in [6.07, 6.45) is 7.14. The van der Waals surface area contributed by atoms with Gasteiger partial charge < -0.3 is 10.6 Å². The first-order valence-corrected chi connectivity index (χ1v) is 11.2. The molecule has 0 saturated carbocycles. The van der Waals surface area contributed by atoms with Gasteiger partial charge in [-0.15, -0.1) is 0 Å². The molecule has 0 aromatic heterocycles. The lowest BCUT2D eigenvalue weighted by molar-refractivity contribution is -0.117. The lowest BCUT2D eigenvalue weighted by Gasteiger charge is -2.06. The summed E-state index contributed by atoms with van der Waals surface area (Å²) < 4.78 is 1.91. The lowest BCUT2D eigenvalue weighted by Crippen LogP contribution is -2.11. The van der Waals surface area contributed by atoms with E-state index in [4.69, 9.17) is 0 Å². The van der Waals surface area contributed by atoms with E-state index in [2.05, 4.69) is 42.5 Å². The van der Waals surface area contributed by atoms with Crippen LogP contribution in [0.4, 0.5) is 11.4 Å². The van der Waals surface area contributed by atoms with E-state index in [1.807, 2.05) is 48.5 Å². The number of anilines is 2. The maximum atomic E-state index is 11.9. The number of benzene rings is 2. The van der Waals surface area contributed by atoms with Crippen molar-refractivity contribution < 1.29 is 9.59 Å². The van der Waals surface area contributed by atoms with Gasteiger partial charge in [0.05, 0.1) is 0 Å². The molecule has 2 N–H and O–H groups in total. The summed E-state index contributed by atoms with van der Waals surface area (Å²) in [5.74, 6) is 0.115. The first kappa shape index (κ1) is 22.6. The van der Waals surface area contributed by atoms with Crippen molar-refractivity contribution in [3.63, 3.8) is 0 Å². The van der Waals surface area contributed by atoms with Crippen molar-refractivity contribution in [2.24, 2.45) is 0 Å². The number of unbranched alkanes of at least 4 members (excludes halogenated alkanes) is 5. The Morgan fingerprint density at radius 2 is 1.04 bits per heavy atom. The Morgan fingerprint density at radius 1 is 0.643 bits per heavy atom. The van der Waals surface area contributed by atoms with Crippen LogP contribution in [0.25, 0.3) is 0 Å². The first-order chi connectivity index (χ1) is 13.5. The highest BCUT2D eigenvalue weighted by molar-refractivity contribution is 9.10. The van der Waals surface area contributed by atoms with Gasteiger partial charge >= 0.3 is 0 Å². The van der Waals surface area contributed by atoms with Crippen LogP contribution in [0.5, 0.6) is 0 Å². The van der Waals surface area contributed by atoms with Crippen molar-refractivity contribution in [2.75, 3.05) is 10.6 Å². The molecule has 0 atom stereocenters. The fourth-order valence-corrected chi connectivity index (χ4v) is 3.66. The molecular formula is C22H26Br2N2O2. The van der Waals surface area contributed by atoms with Crippen LogP contribution >= 0.6 is 31.9 Å². The van der Waals surface area contributed by atoms with Gasteiger partial charge in [-0.3, -0.25) is 9.59 Å². The van der Waals surface area contributed by atoms with E-state index in [0.717, 1.165) is 58.8 Å². The quantitative estimate of drug-likeness (QED) is 0.323. The Kier molecular flexibility index (Phi) is 10.3. The van der Waals surface area contributed by atoms with Gasteiger partial charge in [0.15, 0.2) is 0 Å². The molecular weight excluding hydrogens is 484 g/mol. The van der Waals surface area contributed by atoms with Crippen LogP contribution in [-0.2, 0) is 9.59 Å². The van der Waals surface area contributed by atoms with Crippen molar-refractivity contribution in [3.8, 4) is 0 Å². The molecule has 0 radical (unpaired) electrons. The number of rotatable bonds is 11. The molecule has 0 fully saturated rings. The van der Waals surface area contributed by atoms with Crippen molar-refractivity contribution in [2.45, 2.75) is 51.4 Å². The van der Waals surface area contributed by atoms with Crippen molar-refractivity contribution in [1.82, 2.24) is 0 Å². The van der Waals surface area contributed by atoms with Gasteiger partial charge in [-0.2, -0.15) is 0 Å². The fourth-order valence-electron chi connectivity index (χ4n) is 2.86. The van der Waals surface area contributed by atoms with E-state index < -0.39 is 0 Å². The maximum Gasteiger partial charge on any atom is 0.224 e. The summed E-state index contributed by atoms with van der Waals surface area (Å²) in [4.78, 5) is 23.9. The SMILES string of the molecule is O=C(CCCCCCCCC(=O)Nc1cccc(Br)c1)Nc1cccc(Br)c1. The standard InChI is InChI=1S/C22H26Br2N2O2/c23-17-9-7-11-19(15-17)25-21(27)13-5-3-1-2-4-6-14-22(28)26-20-12-8-10-18(24)16-20/h7-12,15-16H,1-6,13-14H2,(H,25,27)(H,26,28). The predicted octanol–water partition coefficient (Wildman–Crippen LogP) is 6.91. The maximum absolute atomic E-state index is 11.9. The Morgan fingerprint density at radius 3 is 1.43 bits per heavy atom. The van der Waals surface area contributed by atoms with E-state index >= 15 is 0 Å². The molecule has 2 amide bonds. The summed E-state index contributed by atoms with van der Waals surface area (Å²) in [5, 5.41) is 5.83. The molecule has 0 bridgehead atoms. The largest absolute Gasteiger partial charge is 0.326 e. The monoisotopic (exact) mass is 508 g/mol. The van der Waals surface area contributed by atoms with Gasteiger partial charge in [-0.25, -0.2) is 0 Å². The zero-order valence-corrected chi connectivity index (χ0v) is 19.0. The number of hydrogen-bond acceptors (Lipinski definition) is 2. The number of carbonyl (C=O) groups excluding carboxylic acids is 2. The van der Waals surface area contributed by atoms with Gasteiger partial charge in [0.25, 0.3) is 0 Å². The predicted molar refractivity (Wildman–Crippen MR) is 122 cm³/mol. The molecule has 150 valence electrons. The Bertz CT molecular complexity index is 715. The highest BCUT2D eigenvalue weighted by Gasteiger charge is 2.04. The molecule has 0 unspecified atom stereocenters. The lowest BCUT2D eigenvalue weighted by atomic mass is 10.1. The van der Waals surface area contributed by atoms with Gasteiger partial charge in [-0.05, 0) is 49.2 Å². The second kappa shape index (κ2) is 12.7. The fraction of sp³-hybridized carbons (Fsp3) is 0.364. The van der Waals surface area contributed by atoms with Crippen LogP contribution in [-0.4, -0.2) is 11.8 Å². The molecule has 0 saturated heterocycles. The minimum absolute atomic E-state index is 0.0577. The minimum Gasteiger partial charge on any atom is -0.326 e. The molecule has 0 aliphatic carbocycles. The molecule has 0 aliphatic heterocycles. The highest BCUT2D eigenvalue weighted by Crippen LogP contribution is 2.17. The number of amides is 2. The Hall–Kier alpha value is -1.66. The van der Waals surface area contributed by atoms with Crippen molar-refractivity contribution >= 4 is 55.0 Å². The minimum atomic E-state index is 0.0577. The van der Waals surface area contributed by atoms with Crippen LogP contribution in [0, 0.1) is 0 Å². The number of carbonyl (C=O) groups is 2. The third kappa shape index (κ3) is 9.51. The van der Waals surface area contributed by atoms with Crippen LogP contribution in [0.3, 0.4) is 0 Å². The van der Waals surface area contributed by atoms with Gasteiger partial charge in [0, 0.05) is 33.2 Å². The second-order valence-corrected chi connectivity index (χ2v) is 8.57. The zero-order valence-electron chi connectivity index (χ0n) is 15.8. The average Bonchev–Trinajstić information content (AvgIpc) is 2.64. The smallest absolute Gasteiger partial charge is 0.224 e. The Labute approximate surface area is 183 Å². The first-order valence-electron chi connectivity index (χ1n) is 9.64. The topological polar surface area (TPSA) is 58.2 Å². The van der Waals surface area contributed by atoms with Crippen LogP contribution in [0.15, 0.2) is 57.5 Å². The molecule has 4 nitrogen and oxygen atoms in total. The van der Waals surface area contributed by atoms with E-state index in [9.17, 15) is 9.59 Å². The van der Waals surface area contributed by atoms with E-state index in [1.54, 1.807) is 0 Å². The molecule has 2 rings (SSSR count). The molecule has 28 heavy (non-hydrogen) atoms. The van der Waals surface area contributed by atoms with Gasteiger partial charge in [-0.1, -0.05) is 69.7 Å². The van der Waals surface area contributed by atoms with Crippen molar-refractivity contribution in [3.05, 3.63) is 57.5 Å². The highest BCUT2D eigenvalue weighted by atomic mass is 79.9. The summed E-state index contributed by atoms with van der Waals surface area (Å²) in [6, 6.07) is 15.2. The number of hydrogen-bond donors (Lipinski definition) is 2. The molecule has 0 aliphatic rings. The summed E-state index contributed by atoms with van der Waals surface area (Å²) in [7, 11) is 0. The van der Waals surface area contributed by atoms with Gasteiger partial charge in [0.1, 0.15) is 0 Å². The molecule has 0 spiro atoms. The summed E-state index contributed by atoms with van der Waals surface area (Å²) >= 11 is 6.79. The molecule has 2 aromatic carbocycles. The van der Waals surface area contributed by atoms with Crippen LogP contribution < -0.4 is 10.6 Å². The second-order valence-electron chi connectivity index (χ2n) is 6.74. The Balaban J connectivity index is 1.47. The van der Waals surface area contributed by atoms with Gasteiger partial charge in [0.2, 0.25) is 11.8 Å². The molecule has 2 aromatic rings. The summed E-state index contributed by atoms with van der Waals surface area (Å²) in [5.41, 5.74) is 1.64. The molecule has 0 heterocycles. The normalized spacial score (nSPS) is 10.5. The number of nitrogens with one attached hydrogen (secondary N) is 2. The van der Waals surface area contributed by atoms with E-state index in [1.165, 1.54) is 0 Å².